The van der Waals surface area contributed by atoms with Crippen LogP contribution < -0.4 is 0 Å². The van der Waals surface area contributed by atoms with Crippen molar-refractivity contribution in [2.75, 3.05) is 0 Å². The zero-order valence-electron chi connectivity index (χ0n) is 22.1. The molecule has 0 aliphatic heterocycles. The van der Waals surface area contributed by atoms with Crippen molar-refractivity contribution in [3.63, 3.8) is 0 Å². The number of benzene rings is 2. The standard InChI is InChI=1S/C33H23F2N5.Pt/c1-33(2,27-16-9-15-26(36-27)24-19-20-29(34)38-32(24)35)28-17-10-18-30(37-28)40-21-25(22-11-5-3-6-12-22)31(39-40)23-13-7-4-8-14-23;/h3-18,20H,1-2H3;/q-2;+2. The number of hydrogen-bond acceptors (Lipinski definition) is 4. The van der Waals surface area contributed by atoms with Crippen molar-refractivity contribution in [1.82, 2.24) is 24.7 Å². The van der Waals surface area contributed by atoms with E-state index in [4.69, 9.17) is 10.1 Å². The van der Waals surface area contributed by atoms with E-state index in [1.807, 2.05) is 98.8 Å². The van der Waals surface area contributed by atoms with Crippen LogP contribution in [0.1, 0.15) is 25.2 Å². The second-order valence-electron chi connectivity index (χ2n) is 9.78. The minimum atomic E-state index is -0.958. The molecule has 0 unspecified atom stereocenters. The molecule has 204 valence electrons. The average molecular weight is 723 g/mol. The Balaban J connectivity index is 0.00000337. The van der Waals surface area contributed by atoms with E-state index < -0.39 is 17.3 Å². The van der Waals surface area contributed by atoms with Gasteiger partial charge in [0.1, 0.15) is 11.9 Å². The van der Waals surface area contributed by atoms with Gasteiger partial charge in [-0.2, -0.15) is 0 Å². The van der Waals surface area contributed by atoms with Crippen molar-refractivity contribution in [3.05, 3.63) is 139 Å². The number of pyridine rings is 3. The molecular formula is C33H23F2N5Pt. The molecular weight excluding hydrogens is 699 g/mol. The van der Waals surface area contributed by atoms with E-state index in [1.54, 1.807) is 16.8 Å². The van der Waals surface area contributed by atoms with E-state index in [-0.39, 0.29) is 26.6 Å². The van der Waals surface area contributed by atoms with E-state index in [1.165, 1.54) is 0 Å². The topological polar surface area (TPSA) is 56.5 Å². The predicted octanol–water partition coefficient (Wildman–Crippen LogP) is 7.26. The zero-order valence-corrected chi connectivity index (χ0v) is 24.4. The van der Waals surface area contributed by atoms with Crippen LogP contribution in [0.4, 0.5) is 8.78 Å². The Hall–Kier alpha value is -4.35. The van der Waals surface area contributed by atoms with Crippen LogP contribution in [-0.4, -0.2) is 24.7 Å². The van der Waals surface area contributed by atoms with E-state index in [0.717, 1.165) is 34.1 Å². The molecule has 0 amide bonds. The molecule has 0 N–H and O–H groups in total. The number of aromatic nitrogens is 5. The molecule has 0 saturated heterocycles. The maximum absolute atomic E-state index is 14.4. The molecule has 41 heavy (non-hydrogen) atoms. The van der Waals surface area contributed by atoms with Crippen LogP contribution in [0.5, 0.6) is 0 Å². The van der Waals surface area contributed by atoms with E-state index >= 15 is 0 Å². The van der Waals surface area contributed by atoms with Gasteiger partial charge in [0.2, 0.25) is 0 Å². The SMILES string of the molecule is CC(C)(c1cccc(-c2[c-]cc(F)nc2F)n1)c1cccc(-n2[c-]c(-c3ccccc3)c(-c3ccccc3)n2)n1.[Pt+2]. The average Bonchev–Trinajstić information content (AvgIpc) is 3.44. The maximum atomic E-state index is 14.4. The minimum Gasteiger partial charge on any atom is -0.311 e. The van der Waals surface area contributed by atoms with Crippen LogP contribution in [-0.2, 0) is 26.5 Å². The first-order valence-corrected chi connectivity index (χ1v) is 12.7. The molecule has 0 spiro atoms. The molecule has 0 fully saturated rings. The fourth-order valence-electron chi connectivity index (χ4n) is 4.54. The number of rotatable bonds is 6. The van der Waals surface area contributed by atoms with Gasteiger partial charge in [-0.15, -0.1) is 6.07 Å². The predicted molar refractivity (Wildman–Crippen MR) is 149 cm³/mol. The van der Waals surface area contributed by atoms with Gasteiger partial charge in [-0.05, 0) is 43.4 Å². The van der Waals surface area contributed by atoms with Crippen molar-refractivity contribution < 1.29 is 29.8 Å². The summed E-state index contributed by atoms with van der Waals surface area (Å²) in [5, 5.41) is 4.89. The van der Waals surface area contributed by atoms with Crippen LogP contribution in [0.25, 0.3) is 39.5 Å². The van der Waals surface area contributed by atoms with Crippen LogP contribution in [0.15, 0.2) is 103 Å². The Labute approximate surface area is 251 Å². The van der Waals surface area contributed by atoms with Gasteiger partial charge < -0.3 is 9.67 Å². The molecule has 4 aromatic heterocycles. The molecule has 2 aromatic carbocycles. The summed E-state index contributed by atoms with van der Waals surface area (Å²) in [6, 6.07) is 34.6. The van der Waals surface area contributed by atoms with Crippen LogP contribution >= 0.6 is 0 Å². The Morgan fingerprint density at radius 2 is 1.32 bits per heavy atom. The van der Waals surface area contributed by atoms with Gasteiger partial charge in [0.05, 0.1) is 5.82 Å². The quantitative estimate of drug-likeness (QED) is 0.134. The summed E-state index contributed by atoms with van der Waals surface area (Å²) in [7, 11) is 0. The third-order valence-electron chi connectivity index (χ3n) is 6.75. The third-order valence-corrected chi connectivity index (χ3v) is 6.75. The molecule has 5 nitrogen and oxygen atoms in total. The van der Waals surface area contributed by atoms with E-state index in [2.05, 4.69) is 22.2 Å². The monoisotopic (exact) mass is 722 g/mol. The van der Waals surface area contributed by atoms with Crippen LogP contribution in [0.3, 0.4) is 0 Å². The van der Waals surface area contributed by atoms with Gasteiger partial charge in [-0.3, -0.25) is 9.97 Å². The molecule has 0 bridgehead atoms. The number of nitrogens with zero attached hydrogens (tertiary/aromatic N) is 5. The van der Waals surface area contributed by atoms with E-state index in [9.17, 15) is 8.78 Å². The molecule has 0 atom stereocenters. The first-order chi connectivity index (χ1) is 19.4. The Bertz CT molecular complexity index is 1750. The third kappa shape index (κ3) is 5.63. The molecule has 0 saturated carbocycles. The second-order valence-corrected chi connectivity index (χ2v) is 9.78. The summed E-state index contributed by atoms with van der Waals surface area (Å²) < 4.78 is 29.4. The fourth-order valence-corrected chi connectivity index (χ4v) is 4.54. The Morgan fingerprint density at radius 1 is 0.683 bits per heavy atom. The normalized spacial score (nSPS) is 11.2. The zero-order chi connectivity index (χ0) is 27.7. The van der Waals surface area contributed by atoms with E-state index in [0.29, 0.717) is 17.2 Å². The molecule has 0 aliphatic carbocycles. The molecule has 0 aliphatic rings. The van der Waals surface area contributed by atoms with Gasteiger partial charge in [0.15, 0.2) is 0 Å². The first-order valence-electron chi connectivity index (χ1n) is 12.7. The maximum Gasteiger partial charge on any atom is 2.00 e. The summed E-state index contributed by atoms with van der Waals surface area (Å²) in [5.74, 6) is -1.29. The smallest absolute Gasteiger partial charge is 0.311 e. The fraction of sp³-hybridized carbons (Fsp3) is 0.0909. The van der Waals surface area contributed by atoms with Gasteiger partial charge in [0, 0.05) is 22.5 Å². The summed E-state index contributed by atoms with van der Waals surface area (Å²) in [5.41, 5.74) is 4.72. The van der Waals surface area contributed by atoms with Gasteiger partial charge >= 0.3 is 21.1 Å². The summed E-state index contributed by atoms with van der Waals surface area (Å²) in [6.07, 6.45) is 3.42. The second kappa shape index (κ2) is 11.6. The van der Waals surface area contributed by atoms with Crippen molar-refractivity contribution in [3.8, 4) is 39.5 Å². The molecule has 6 rings (SSSR count). The first kappa shape index (κ1) is 28.2. The Kier molecular flexibility index (Phi) is 8.00. The molecule has 6 aromatic rings. The van der Waals surface area contributed by atoms with Crippen LogP contribution in [0, 0.1) is 24.2 Å². The molecule has 8 heteroatoms. The molecule has 0 radical (unpaired) electrons. The molecule has 4 heterocycles. The van der Waals surface area contributed by atoms with Gasteiger partial charge in [0.25, 0.3) is 0 Å². The van der Waals surface area contributed by atoms with Crippen molar-refractivity contribution in [2.45, 2.75) is 19.3 Å². The van der Waals surface area contributed by atoms with Crippen molar-refractivity contribution >= 4 is 0 Å². The largest absolute Gasteiger partial charge is 2.00 e. The number of halogens is 2. The summed E-state index contributed by atoms with van der Waals surface area (Å²) >= 11 is 0. The summed E-state index contributed by atoms with van der Waals surface area (Å²) in [6.45, 7) is 3.98. The minimum absolute atomic E-state index is 0. The van der Waals surface area contributed by atoms with Crippen molar-refractivity contribution in [1.29, 1.82) is 0 Å². The van der Waals surface area contributed by atoms with Crippen LogP contribution in [0.2, 0.25) is 0 Å². The summed E-state index contributed by atoms with van der Waals surface area (Å²) in [4.78, 5) is 12.9. The number of hydrogen-bond donors (Lipinski definition) is 0. The Morgan fingerprint density at radius 3 is 2.00 bits per heavy atom. The van der Waals surface area contributed by atoms with Gasteiger partial charge in [-0.1, -0.05) is 108 Å². The van der Waals surface area contributed by atoms with Crippen molar-refractivity contribution in [2.24, 2.45) is 0 Å². The van der Waals surface area contributed by atoms with Gasteiger partial charge in [-0.25, -0.2) is 13.9 Å².